The van der Waals surface area contributed by atoms with Crippen molar-refractivity contribution in [1.82, 2.24) is 35.1 Å². The fraction of sp³-hybridized carbons (Fsp3) is 0. The van der Waals surface area contributed by atoms with E-state index in [-0.39, 0.29) is 5.75 Å². The minimum absolute atomic E-state index is 0.123. The number of pyridine rings is 3. The number of H-pyrrole nitrogens is 2. The summed E-state index contributed by atoms with van der Waals surface area (Å²) in [6.07, 6.45) is 8.38. The molecule has 6 rings (SSSR count). The van der Waals surface area contributed by atoms with Gasteiger partial charge in [-0.25, -0.2) is 4.98 Å². The third-order valence-electron chi connectivity index (χ3n) is 5.18. The molecule has 5 aromatic heterocycles. The topological polar surface area (TPSA) is 116 Å². The second-order valence-corrected chi connectivity index (χ2v) is 7.15. The lowest BCUT2D eigenvalue weighted by Gasteiger charge is -2.02. The highest BCUT2D eigenvalue weighted by Gasteiger charge is 2.16. The summed E-state index contributed by atoms with van der Waals surface area (Å²) in [5.74, 6) is 0.767. The molecule has 1 aromatic carbocycles. The summed E-state index contributed by atoms with van der Waals surface area (Å²) >= 11 is 0. The first kappa shape index (κ1) is 17.3. The van der Waals surface area contributed by atoms with Crippen LogP contribution in [0.3, 0.4) is 0 Å². The second kappa shape index (κ2) is 6.74. The van der Waals surface area contributed by atoms with E-state index in [4.69, 9.17) is 4.98 Å². The Labute approximate surface area is 175 Å². The molecule has 0 spiro atoms. The molecule has 5 heterocycles. The first-order valence-electron chi connectivity index (χ1n) is 9.64. The van der Waals surface area contributed by atoms with E-state index in [1.807, 2.05) is 36.4 Å². The van der Waals surface area contributed by atoms with Crippen molar-refractivity contribution in [2.75, 3.05) is 0 Å². The molecular weight excluding hydrogens is 390 g/mol. The molecule has 8 heteroatoms. The van der Waals surface area contributed by atoms with Gasteiger partial charge < -0.3 is 10.1 Å². The van der Waals surface area contributed by atoms with E-state index in [9.17, 15) is 5.11 Å². The lowest BCUT2D eigenvalue weighted by atomic mass is 10.0. The third-order valence-corrected chi connectivity index (χ3v) is 5.18. The number of aromatic nitrogens is 7. The van der Waals surface area contributed by atoms with Gasteiger partial charge in [0.2, 0.25) is 0 Å². The Kier molecular flexibility index (Phi) is 3.76. The van der Waals surface area contributed by atoms with Gasteiger partial charge in [-0.2, -0.15) is 5.10 Å². The van der Waals surface area contributed by atoms with Crippen LogP contribution in [0.2, 0.25) is 0 Å². The molecule has 0 aliphatic heterocycles. The number of aromatic amines is 2. The smallest absolute Gasteiger partial charge is 0.159 e. The summed E-state index contributed by atoms with van der Waals surface area (Å²) in [5, 5.41) is 18.3. The third kappa shape index (κ3) is 2.89. The van der Waals surface area contributed by atoms with Crippen LogP contribution >= 0.6 is 0 Å². The Balaban J connectivity index is 1.51. The molecule has 0 saturated heterocycles. The molecule has 0 unspecified atom stereocenters. The summed E-state index contributed by atoms with van der Waals surface area (Å²) in [6, 6.07) is 13.3. The molecule has 0 atom stereocenters. The van der Waals surface area contributed by atoms with Crippen molar-refractivity contribution in [1.29, 1.82) is 0 Å². The minimum Gasteiger partial charge on any atom is -0.506 e. The van der Waals surface area contributed by atoms with Crippen molar-refractivity contribution in [3.8, 4) is 39.7 Å². The molecular formula is C23H15N7O. The van der Waals surface area contributed by atoms with Crippen molar-refractivity contribution in [3.05, 3.63) is 73.4 Å². The quantitative estimate of drug-likeness (QED) is 0.403. The number of imidazole rings is 1. The van der Waals surface area contributed by atoms with Crippen molar-refractivity contribution < 1.29 is 5.11 Å². The van der Waals surface area contributed by atoms with Gasteiger partial charge in [0.05, 0.1) is 22.9 Å². The first-order valence-corrected chi connectivity index (χ1v) is 9.64. The predicted octanol–water partition coefficient (Wildman–Crippen LogP) is 4.33. The Hall–Kier alpha value is -4.59. The maximum Gasteiger partial charge on any atom is 0.159 e. The number of nitrogens with one attached hydrogen (secondary N) is 2. The molecule has 0 fully saturated rings. The monoisotopic (exact) mass is 405 g/mol. The number of nitrogens with zero attached hydrogens (tertiary/aromatic N) is 5. The van der Waals surface area contributed by atoms with E-state index in [1.165, 1.54) is 6.20 Å². The average molecular weight is 405 g/mol. The summed E-state index contributed by atoms with van der Waals surface area (Å²) in [4.78, 5) is 21.0. The highest BCUT2D eigenvalue weighted by molar-refractivity contribution is 5.97. The number of hydrogen-bond donors (Lipinski definition) is 3. The van der Waals surface area contributed by atoms with Gasteiger partial charge in [0.1, 0.15) is 17.0 Å². The van der Waals surface area contributed by atoms with Gasteiger partial charge in [0.25, 0.3) is 0 Å². The summed E-state index contributed by atoms with van der Waals surface area (Å²) in [5.41, 5.74) is 6.63. The SMILES string of the molecule is Oc1cncc(-c2ccc3[nH]nc(-c4nc5c(-c6cccnc6)nccc5[nH]4)c3c2)c1. The highest BCUT2D eigenvalue weighted by Crippen LogP contribution is 2.32. The number of hydrogen-bond acceptors (Lipinski definition) is 6. The standard InChI is InChI=1S/C23H15N7O/c31-16-8-15(11-25-12-16)13-3-4-18-17(9-13)21(30-29-18)23-27-19-5-7-26-20(22(19)28-23)14-2-1-6-24-10-14/h1-12,31H,(H,27,28)(H,29,30). The van der Waals surface area contributed by atoms with Gasteiger partial charge in [0, 0.05) is 41.3 Å². The van der Waals surface area contributed by atoms with Crippen LogP contribution in [0.1, 0.15) is 0 Å². The minimum atomic E-state index is 0.123. The molecule has 148 valence electrons. The first-order chi connectivity index (χ1) is 15.3. The fourth-order valence-corrected chi connectivity index (χ4v) is 3.72. The van der Waals surface area contributed by atoms with Crippen molar-refractivity contribution >= 4 is 21.9 Å². The molecule has 0 saturated carbocycles. The Morgan fingerprint density at radius 1 is 0.774 bits per heavy atom. The maximum atomic E-state index is 9.77. The Morgan fingerprint density at radius 2 is 1.71 bits per heavy atom. The Bertz CT molecular complexity index is 1550. The molecule has 0 aliphatic rings. The number of fused-ring (bicyclic) bond motifs is 2. The van der Waals surface area contributed by atoms with Crippen LogP contribution in [0.5, 0.6) is 5.75 Å². The molecule has 6 aromatic rings. The van der Waals surface area contributed by atoms with Crippen LogP contribution in [0.4, 0.5) is 0 Å². The molecule has 0 amide bonds. The maximum absolute atomic E-state index is 9.77. The lowest BCUT2D eigenvalue weighted by molar-refractivity contribution is 0.473. The van der Waals surface area contributed by atoms with Crippen LogP contribution in [-0.4, -0.2) is 40.2 Å². The molecule has 8 nitrogen and oxygen atoms in total. The van der Waals surface area contributed by atoms with Crippen LogP contribution in [-0.2, 0) is 0 Å². The average Bonchev–Trinajstić information content (AvgIpc) is 3.43. The highest BCUT2D eigenvalue weighted by atomic mass is 16.3. The van der Waals surface area contributed by atoms with E-state index in [0.717, 1.165) is 44.3 Å². The van der Waals surface area contributed by atoms with Crippen molar-refractivity contribution in [2.45, 2.75) is 0 Å². The Morgan fingerprint density at radius 3 is 2.58 bits per heavy atom. The molecule has 0 aliphatic carbocycles. The zero-order chi connectivity index (χ0) is 20.8. The number of aromatic hydroxyl groups is 1. The van der Waals surface area contributed by atoms with Gasteiger partial charge in [0.15, 0.2) is 5.82 Å². The molecule has 0 bridgehead atoms. The zero-order valence-corrected chi connectivity index (χ0v) is 16.1. The lowest BCUT2D eigenvalue weighted by Crippen LogP contribution is -1.86. The van der Waals surface area contributed by atoms with Gasteiger partial charge >= 0.3 is 0 Å². The van der Waals surface area contributed by atoms with Crippen LogP contribution in [0.15, 0.2) is 73.4 Å². The summed E-state index contributed by atoms with van der Waals surface area (Å²) < 4.78 is 0. The van der Waals surface area contributed by atoms with Crippen LogP contribution < -0.4 is 0 Å². The summed E-state index contributed by atoms with van der Waals surface area (Å²) in [7, 11) is 0. The van der Waals surface area contributed by atoms with Crippen molar-refractivity contribution in [3.63, 3.8) is 0 Å². The van der Waals surface area contributed by atoms with E-state index < -0.39 is 0 Å². The van der Waals surface area contributed by atoms with Gasteiger partial charge in [-0.15, -0.1) is 0 Å². The number of rotatable bonds is 3. The van der Waals surface area contributed by atoms with Gasteiger partial charge in [-0.05, 0) is 42.0 Å². The van der Waals surface area contributed by atoms with E-state index in [0.29, 0.717) is 11.5 Å². The predicted molar refractivity (Wildman–Crippen MR) is 117 cm³/mol. The molecule has 3 N–H and O–H groups in total. The summed E-state index contributed by atoms with van der Waals surface area (Å²) in [6.45, 7) is 0. The van der Waals surface area contributed by atoms with E-state index in [1.54, 1.807) is 30.9 Å². The van der Waals surface area contributed by atoms with Crippen molar-refractivity contribution in [2.24, 2.45) is 0 Å². The number of benzene rings is 1. The van der Waals surface area contributed by atoms with Crippen LogP contribution in [0.25, 0.3) is 55.8 Å². The second-order valence-electron chi connectivity index (χ2n) is 7.15. The fourth-order valence-electron chi connectivity index (χ4n) is 3.72. The molecule has 31 heavy (non-hydrogen) atoms. The van der Waals surface area contributed by atoms with Gasteiger partial charge in [-0.3, -0.25) is 20.1 Å². The van der Waals surface area contributed by atoms with Gasteiger partial charge in [-0.1, -0.05) is 6.07 Å². The normalized spacial score (nSPS) is 11.4. The zero-order valence-electron chi connectivity index (χ0n) is 16.1. The largest absolute Gasteiger partial charge is 0.506 e. The van der Waals surface area contributed by atoms with E-state index in [2.05, 4.69) is 30.1 Å². The van der Waals surface area contributed by atoms with E-state index >= 15 is 0 Å². The van der Waals surface area contributed by atoms with Crippen LogP contribution in [0, 0.1) is 0 Å². The molecule has 0 radical (unpaired) electrons.